The average molecular weight is 372 g/mol. The van der Waals surface area contributed by atoms with Crippen molar-refractivity contribution >= 4 is 12.1 Å². The van der Waals surface area contributed by atoms with Gasteiger partial charge in [-0.3, -0.25) is 4.79 Å². The highest BCUT2D eigenvalue weighted by molar-refractivity contribution is 5.72. The number of benzene rings is 1. The van der Waals surface area contributed by atoms with Gasteiger partial charge in [0.25, 0.3) is 0 Å². The minimum Gasteiger partial charge on any atom is -0.465 e. The number of ether oxygens (including phenoxy) is 1. The van der Waals surface area contributed by atoms with Crippen molar-refractivity contribution in [2.45, 2.75) is 63.3 Å². The van der Waals surface area contributed by atoms with Crippen molar-refractivity contribution in [3.8, 4) is 0 Å². The average Bonchev–Trinajstić information content (AvgIpc) is 2.97. The number of carbonyl (C=O) groups is 2. The summed E-state index contributed by atoms with van der Waals surface area (Å²) in [7, 11) is 0. The predicted molar refractivity (Wildman–Crippen MR) is 100 cm³/mol. The van der Waals surface area contributed by atoms with Crippen molar-refractivity contribution < 1.29 is 19.4 Å². The van der Waals surface area contributed by atoms with Crippen LogP contribution in [0, 0.1) is 5.92 Å². The van der Waals surface area contributed by atoms with E-state index in [0.717, 1.165) is 57.2 Å². The first-order chi connectivity index (χ1) is 13.1. The molecular weight excluding hydrogens is 344 g/mol. The molecule has 3 aliphatic rings. The van der Waals surface area contributed by atoms with E-state index in [0.29, 0.717) is 12.6 Å². The minimum atomic E-state index is -0.763. The summed E-state index contributed by atoms with van der Waals surface area (Å²) >= 11 is 0. The highest BCUT2D eigenvalue weighted by Crippen LogP contribution is 2.38. The number of carboxylic acid groups (broad SMARTS) is 1. The summed E-state index contributed by atoms with van der Waals surface area (Å²) in [6.07, 6.45) is 4.77. The Morgan fingerprint density at radius 3 is 2.19 bits per heavy atom. The van der Waals surface area contributed by atoms with E-state index < -0.39 is 6.09 Å². The Labute approximate surface area is 160 Å². The molecular formula is C21H28N2O4. The molecule has 146 valence electrons. The van der Waals surface area contributed by atoms with Gasteiger partial charge in [-0.15, -0.1) is 0 Å². The molecule has 3 heterocycles. The molecule has 0 spiro atoms. The Morgan fingerprint density at radius 2 is 1.59 bits per heavy atom. The summed E-state index contributed by atoms with van der Waals surface area (Å²) in [4.78, 5) is 28.0. The van der Waals surface area contributed by atoms with Crippen molar-refractivity contribution in [1.82, 2.24) is 9.80 Å². The van der Waals surface area contributed by atoms with E-state index in [2.05, 4.69) is 4.90 Å². The zero-order chi connectivity index (χ0) is 18.8. The molecule has 3 aliphatic heterocycles. The largest absolute Gasteiger partial charge is 0.465 e. The molecule has 0 aromatic heterocycles. The topological polar surface area (TPSA) is 70.1 Å². The zero-order valence-electron chi connectivity index (χ0n) is 15.6. The highest BCUT2D eigenvalue weighted by Gasteiger charge is 2.45. The molecule has 4 rings (SSSR count). The Kier molecular flexibility index (Phi) is 5.34. The highest BCUT2D eigenvalue weighted by atomic mass is 16.5. The number of rotatable bonds is 4. The quantitative estimate of drug-likeness (QED) is 0.823. The number of hydrogen-bond donors (Lipinski definition) is 1. The lowest BCUT2D eigenvalue weighted by atomic mass is 9.91. The third-order valence-electron chi connectivity index (χ3n) is 6.53. The van der Waals surface area contributed by atoms with Gasteiger partial charge in [-0.05, 0) is 57.2 Å². The van der Waals surface area contributed by atoms with Crippen LogP contribution in [0.15, 0.2) is 30.3 Å². The summed E-state index contributed by atoms with van der Waals surface area (Å²) in [6, 6.07) is 10.6. The van der Waals surface area contributed by atoms with Gasteiger partial charge in [0.1, 0.15) is 6.61 Å². The minimum absolute atomic E-state index is 0.0132. The first kappa shape index (κ1) is 18.3. The van der Waals surface area contributed by atoms with Crippen molar-refractivity contribution in [1.29, 1.82) is 0 Å². The van der Waals surface area contributed by atoms with E-state index in [1.807, 2.05) is 30.3 Å². The van der Waals surface area contributed by atoms with Gasteiger partial charge in [-0.2, -0.15) is 0 Å². The van der Waals surface area contributed by atoms with E-state index in [9.17, 15) is 14.7 Å². The molecule has 1 amide bonds. The number of esters is 1. The van der Waals surface area contributed by atoms with E-state index in [1.165, 1.54) is 0 Å². The molecule has 0 saturated carbocycles. The second kappa shape index (κ2) is 7.89. The number of fused-ring (bicyclic) bond motifs is 2. The maximum absolute atomic E-state index is 12.4. The van der Waals surface area contributed by atoms with Crippen LogP contribution in [-0.2, 0) is 16.1 Å². The molecule has 6 nitrogen and oxygen atoms in total. The van der Waals surface area contributed by atoms with Gasteiger partial charge in [0.15, 0.2) is 0 Å². The third kappa shape index (κ3) is 3.95. The first-order valence-corrected chi connectivity index (χ1v) is 10.1. The summed E-state index contributed by atoms with van der Waals surface area (Å²) in [5, 5.41) is 9.41. The van der Waals surface area contributed by atoms with Crippen molar-refractivity contribution in [2.24, 2.45) is 5.92 Å². The molecule has 1 unspecified atom stereocenters. The molecule has 3 fully saturated rings. The summed E-state index contributed by atoms with van der Waals surface area (Å²) in [5.74, 6) is -0.0972. The molecule has 2 bridgehead atoms. The predicted octanol–water partition coefficient (Wildman–Crippen LogP) is 3.12. The zero-order valence-corrected chi connectivity index (χ0v) is 15.6. The lowest BCUT2D eigenvalue weighted by Gasteiger charge is -2.44. The van der Waals surface area contributed by atoms with E-state index in [1.54, 1.807) is 4.90 Å². The maximum atomic E-state index is 12.4. The van der Waals surface area contributed by atoms with Gasteiger partial charge in [0, 0.05) is 18.1 Å². The van der Waals surface area contributed by atoms with Crippen molar-refractivity contribution in [3.05, 3.63) is 35.9 Å². The van der Waals surface area contributed by atoms with Crippen LogP contribution >= 0.6 is 0 Å². The number of amides is 1. The number of hydrogen-bond acceptors (Lipinski definition) is 4. The fourth-order valence-electron chi connectivity index (χ4n) is 5.11. The Balaban J connectivity index is 1.25. The Hall–Kier alpha value is -2.08. The van der Waals surface area contributed by atoms with Gasteiger partial charge in [-0.1, -0.05) is 30.3 Å². The number of likely N-dealkylation sites (tertiary alicyclic amines) is 1. The smallest absolute Gasteiger partial charge is 0.407 e. The fourth-order valence-corrected chi connectivity index (χ4v) is 5.11. The van der Waals surface area contributed by atoms with E-state index in [4.69, 9.17) is 4.74 Å². The monoisotopic (exact) mass is 372 g/mol. The molecule has 27 heavy (non-hydrogen) atoms. The van der Waals surface area contributed by atoms with E-state index in [-0.39, 0.29) is 24.0 Å². The van der Waals surface area contributed by atoms with Crippen LogP contribution in [0.4, 0.5) is 4.79 Å². The summed E-state index contributed by atoms with van der Waals surface area (Å²) < 4.78 is 5.50. The molecule has 0 radical (unpaired) electrons. The molecule has 1 aromatic rings. The number of nitrogens with zero attached hydrogens (tertiary/aromatic N) is 2. The van der Waals surface area contributed by atoms with Gasteiger partial charge < -0.3 is 19.6 Å². The summed E-state index contributed by atoms with van der Waals surface area (Å²) in [6.45, 7) is 2.15. The normalized spacial score (nSPS) is 28.9. The molecule has 3 saturated heterocycles. The molecule has 6 heteroatoms. The van der Waals surface area contributed by atoms with Crippen LogP contribution in [0.1, 0.15) is 44.1 Å². The molecule has 3 atom stereocenters. The lowest BCUT2D eigenvalue weighted by Crippen LogP contribution is -2.53. The third-order valence-corrected chi connectivity index (χ3v) is 6.53. The van der Waals surface area contributed by atoms with Crippen LogP contribution in [0.5, 0.6) is 0 Å². The number of carbonyl (C=O) groups excluding carboxylic acids is 1. The first-order valence-electron chi connectivity index (χ1n) is 10.1. The second-order valence-corrected chi connectivity index (χ2v) is 8.10. The van der Waals surface area contributed by atoms with E-state index >= 15 is 0 Å². The van der Waals surface area contributed by atoms with Gasteiger partial charge in [0.05, 0.1) is 5.92 Å². The SMILES string of the molecule is O=C(OCc1ccccc1)C1CCN(C2C[C@H]3CC[C@@H](C2)N3C(=O)O)CC1. The van der Waals surface area contributed by atoms with Crippen molar-refractivity contribution in [3.63, 3.8) is 0 Å². The maximum Gasteiger partial charge on any atom is 0.407 e. The summed E-state index contributed by atoms with van der Waals surface area (Å²) in [5.41, 5.74) is 1.02. The standard InChI is InChI=1S/C21H28N2O4/c24-20(27-14-15-4-2-1-3-5-15)16-8-10-22(11-9-16)19-12-17-6-7-18(13-19)23(17)21(25)26/h1-5,16-19H,6-14H2,(H,25,26)/t17-,18+,19?. The van der Waals surface area contributed by atoms with Gasteiger partial charge >= 0.3 is 12.1 Å². The second-order valence-electron chi connectivity index (χ2n) is 8.10. The Bertz CT molecular complexity index is 658. The van der Waals surface area contributed by atoms with Crippen LogP contribution in [0.25, 0.3) is 0 Å². The Morgan fingerprint density at radius 1 is 0.963 bits per heavy atom. The molecule has 1 N–H and O–H groups in total. The van der Waals surface area contributed by atoms with Crippen LogP contribution < -0.4 is 0 Å². The number of piperidine rings is 2. The van der Waals surface area contributed by atoms with Crippen LogP contribution in [-0.4, -0.2) is 58.2 Å². The van der Waals surface area contributed by atoms with Gasteiger partial charge in [0.2, 0.25) is 0 Å². The van der Waals surface area contributed by atoms with Crippen LogP contribution in [0.3, 0.4) is 0 Å². The fraction of sp³-hybridized carbons (Fsp3) is 0.619. The van der Waals surface area contributed by atoms with Crippen molar-refractivity contribution in [2.75, 3.05) is 13.1 Å². The lowest BCUT2D eigenvalue weighted by molar-refractivity contribution is -0.151. The molecule has 0 aliphatic carbocycles. The van der Waals surface area contributed by atoms with Crippen LogP contribution in [0.2, 0.25) is 0 Å². The van der Waals surface area contributed by atoms with Gasteiger partial charge in [-0.25, -0.2) is 4.79 Å². The molecule has 1 aromatic carbocycles.